The summed E-state index contributed by atoms with van der Waals surface area (Å²) in [5, 5.41) is 12.3. The lowest BCUT2D eigenvalue weighted by molar-refractivity contribution is -0.137. The SMILES string of the molecule is C=C(F)c1c(C#N)nn(-c2c(Cl)cc(C(F)(F)F)cc2Cl)c1/N=C\N(C)C. The molecule has 0 spiro atoms. The largest absolute Gasteiger partial charge is 0.416 e. The topological polar surface area (TPSA) is 57.2 Å². The van der Waals surface area contributed by atoms with Crippen LogP contribution in [0.15, 0.2) is 23.7 Å². The first-order chi connectivity index (χ1) is 12.5. The lowest BCUT2D eigenvalue weighted by atomic mass is 10.2. The van der Waals surface area contributed by atoms with Gasteiger partial charge in [0.15, 0.2) is 11.5 Å². The number of aromatic nitrogens is 2. The van der Waals surface area contributed by atoms with Gasteiger partial charge in [0.2, 0.25) is 0 Å². The number of rotatable bonds is 4. The summed E-state index contributed by atoms with van der Waals surface area (Å²) in [6.07, 6.45) is -3.38. The number of hydrogen-bond acceptors (Lipinski definition) is 3. The minimum absolute atomic E-state index is 0.179. The van der Waals surface area contributed by atoms with Crippen molar-refractivity contribution in [3.8, 4) is 11.8 Å². The van der Waals surface area contributed by atoms with E-state index in [1.54, 1.807) is 20.2 Å². The Morgan fingerprint density at radius 2 is 1.89 bits per heavy atom. The van der Waals surface area contributed by atoms with Gasteiger partial charge in [0.05, 0.1) is 27.5 Å². The molecule has 5 nitrogen and oxygen atoms in total. The van der Waals surface area contributed by atoms with Gasteiger partial charge in [0.1, 0.15) is 17.6 Å². The van der Waals surface area contributed by atoms with Crippen molar-refractivity contribution in [2.24, 2.45) is 4.99 Å². The van der Waals surface area contributed by atoms with Crippen LogP contribution >= 0.6 is 23.2 Å². The standard InChI is InChI=1S/C16H11Cl2F4N5/c1-8(19)13-12(6-23)25-27(15(13)24-7-26(2)3)14-10(17)4-9(5-11(14)18)16(20,21)22/h4-5,7H,1H2,2-3H3/b24-7-. The number of alkyl halides is 3. The Labute approximate surface area is 161 Å². The number of halogens is 6. The van der Waals surface area contributed by atoms with Gasteiger partial charge < -0.3 is 4.90 Å². The fourth-order valence-electron chi connectivity index (χ4n) is 2.11. The molecule has 1 aromatic carbocycles. The van der Waals surface area contributed by atoms with Crippen LogP contribution in [-0.4, -0.2) is 35.1 Å². The van der Waals surface area contributed by atoms with Crippen LogP contribution in [0.5, 0.6) is 0 Å². The molecule has 1 aromatic heterocycles. The molecule has 0 aliphatic heterocycles. The average Bonchev–Trinajstić information content (AvgIpc) is 2.89. The molecule has 142 valence electrons. The zero-order valence-electron chi connectivity index (χ0n) is 13.9. The second kappa shape index (κ2) is 7.58. The fraction of sp³-hybridized carbons (Fsp3) is 0.188. The Balaban J connectivity index is 2.83. The highest BCUT2D eigenvalue weighted by molar-refractivity contribution is 6.38. The Hall–Kier alpha value is -2.57. The first-order valence-electron chi connectivity index (χ1n) is 7.12. The van der Waals surface area contributed by atoms with Crippen LogP contribution < -0.4 is 0 Å². The number of benzene rings is 1. The van der Waals surface area contributed by atoms with Crippen molar-refractivity contribution >= 4 is 41.2 Å². The van der Waals surface area contributed by atoms with E-state index in [-0.39, 0.29) is 22.8 Å². The summed E-state index contributed by atoms with van der Waals surface area (Å²) in [6, 6.07) is 2.99. The van der Waals surface area contributed by atoms with Gasteiger partial charge in [-0.15, -0.1) is 0 Å². The van der Waals surface area contributed by atoms with Gasteiger partial charge in [-0.1, -0.05) is 29.8 Å². The number of nitrogens with zero attached hydrogens (tertiary/aromatic N) is 5. The van der Waals surface area contributed by atoms with Crippen molar-refractivity contribution in [1.82, 2.24) is 14.7 Å². The zero-order chi connectivity index (χ0) is 20.5. The molecule has 2 rings (SSSR count). The van der Waals surface area contributed by atoms with Crippen molar-refractivity contribution < 1.29 is 17.6 Å². The Morgan fingerprint density at radius 1 is 1.33 bits per heavy atom. The van der Waals surface area contributed by atoms with Gasteiger partial charge in [-0.25, -0.2) is 14.1 Å². The van der Waals surface area contributed by atoms with E-state index in [2.05, 4.69) is 16.7 Å². The normalized spacial score (nSPS) is 11.7. The molecule has 1 heterocycles. The molecule has 0 fully saturated rings. The summed E-state index contributed by atoms with van der Waals surface area (Å²) in [7, 11) is 3.27. The summed E-state index contributed by atoms with van der Waals surface area (Å²) in [5.41, 5.74) is -1.94. The molecule has 0 unspecified atom stereocenters. The molecule has 2 aromatic rings. The predicted octanol–water partition coefficient (Wildman–Crippen LogP) is 5.23. The monoisotopic (exact) mass is 419 g/mol. The van der Waals surface area contributed by atoms with Crippen LogP contribution in [0, 0.1) is 11.3 Å². The molecule has 11 heteroatoms. The molecular formula is C16H11Cl2F4N5. The molecule has 0 atom stereocenters. The molecule has 0 radical (unpaired) electrons. The highest BCUT2D eigenvalue weighted by Crippen LogP contribution is 2.40. The summed E-state index contributed by atoms with van der Waals surface area (Å²) in [4.78, 5) is 5.55. The summed E-state index contributed by atoms with van der Waals surface area (Å²) in [5.74, 6) is -1.20. The van der Waals surface area contributed by atoms with E-state index in [0.29, 0.717) is 12.1 Å². The van der Waals surface area contributed by atoms with Crippen LogP contribution in [0.25, 0.3) is 11.5 Å². The maximum atomic E-state index is 13.9. The van der Waals surface area contributed by atoms with E-state index < -0.39 is 27.6 Å². The predicted molar refractivity (Wildman–Crippen MR) is 95.3 cm³/mol. The third-order valence-corrected chi connectivity index (χ3v) is 3.78. The van der Waals surface area contributed by atoms with Crippen LogP contribution in [0.3, 0.4) is 0 Å². The van der Waals surface area contributed by atoms with E-state index in [4.69, 9.17) is 23.2 Å². The number of aliphatic imine (C=N–C) groups is 1. The van der Waals surface area contributed by atoms with Gasteiger partial charge in [-0.2, -0.15) is 23.5 Å². The molecular weight excluding hydrogens is 409 g/mol. The van der Waals surface area contributed by atoms with Crippen molar-refractivity contribution in [1.29, 1.82) is 5.26 Å². The molecule has 0 aliphatic rings. The quantitative estimate of drug-likeness (QED) is 0.387. The smallest absolute Gasteiger partial charge is 0.369 e. The number of hydrogen-bond donors (Lipinski definition) is 0. The minimum Gasteiger partial charge on any atom is -0.369 e. The molecule has 0 bridgehead atoms. The van der Waals surface area contributed by atoms with Crippen molar-refractivity contribution in [2.75, 3.05) is 14.1 Å². The summed E-state index contributed by atoms with van der Waals surface area (Å²) >= 11 is 12.0. The van der Waals surface area contributed by atoms with Crippen LogP contribution in [0.2, 0.25) is 10.0 Å². The van der Waals surface area contributed by atoms with Crippen LogP contribution in [-0.2, 0) is 6.18 Å². The van der Waals surface area contributed by atoms with E-state index >= 15 is 0 Å². The summed E-state index contributed by atoms with van der Waals surface area (Å²) in [6.45, 7) is 3.15. The van der Waals surface area contributed by atoms with Crippen molar-refractivity contribution in [2.45, 2.75) is 6.18 Å². The lowest BCUT2D eigenvalue weighted by Crippen LogP contribution is -2.09. The van der Waals surface area contributed by atoms with Gasteiger partial charge >= 0.3 is 6.18 Å². The first-order valence-corrected chi connectivity index (χ1v) is 7.88. The minimum atomic E-state index is -4.67. The number of nitriles is 1. The first kappa shape index (κ1) is 20.7. The molecule has 0 N–H and O–H groups in total. The van der Waals surface area contributed by atoms with Gasteiger partial charge in [0, 0.05) is 14.1 Å². The average molecular weight is 420 g/mol. The molecule has 0 saturated heterocycles. The van der Waals surface area contributed by atoms with E-state index in [9.17, 15) is 22.8 Å². The van der Waals surface area contributed by atoms with Crippen molar-refractivity contribution in [3.05, 3.63) is 45.6 Å². The third kappa shape index (κ3) is 4.23. The maximum absolute atomic E-state index is 13.9. The third-order valence-electron chi connectivity index (χ3n) is 3.21. The van der Waals surface area contributed by atoms with Gasteiger partial charge in [0.25, 0.3) is 0 Å². The summed E-state index contributed by atoms with van der Waals surface area (Å²) < 4.78 is 53.6. The van der Waals surface area contributed by atoms with Crippen LogP contribution in [0.4, 0.5) is 23.4 Å². The van der Waals surface area contributed by atoms with E-state index in [0.717, 1.165) is 4.68 Å². The van der Waals surface area contributed by atoms with Crippen LogP contribution in [0.1, 0.15) is 16.8 Å². The van der Waals surface area contributed by atoms with E-state index in [1.165, 1.54) is 11.2 Å². The fourth-order valence-corrected chi connectivity index (χ4v) is 2.76. The highest BCUT2D eigenvalue weighted by atomic mass is 35.5. The molecule has 0 saturated carbocycles. The molecule has 0 aliphatic carbocycles. The second-order valence-electron chi connectivity index (χ2n) is 5.47. The molecule has 0 amide bonds. The lowest BCUT2D eigenvalue weighted by Gasteiger charge is -2.13. The van der Waals surface area contributed by atoms with E-state index in [1.807, 2.05) is 0 Å². The zero-order valence-corrected chi connectivity index (χ0v) is 15.5. The van der Waals surface area contributed by atoms with Gasteiger partial charge in [-0.3, -0.25) is 0 Å². The Kier molecular flexibility index (Phi) is 5.82. The second-order valence-corrected chi connectivity index (χ2v) is 6.28. The van der Waals surface area contributed by atoms with Crippen molar-refractivity contribution in [3.63, 3.8) is 0 Å². The Morgan fingerprint density at radius 3 is 2.30 bits per heavy atom. The molecule has 27 heavy (non-hydrogen) atoms. The highest BCUT2D eigenvalue weighted by Gasteiger charge is 2.33. The van der Waals surface area contributed by atoms with Gasteiger partial charge in [-0.05, 0) is 12.1 Å². The Bertz CT molecular complexity index is 947. The maximum Gasteiger partial charge on any atom is 0.416 e.